The van der Waals surface area contributed by atoms with E-state index in [-0.39, 0.29) is 5.76 Å². The van der Waals surface area contributed by atoms with Crippen LogP contribution in [0.5, 0.6) is 5.75 Å². The molecule has 5 heteroatoms. The minimum atomic E-state index is -1.10. The third-order valence-corrected chi connectivity index (χ3v) is 2.11. The Morgan fingerprint density at radius 3 is 2.53 bits per heavy atom. The third-order valence-electron chi connectivity index (χ3n) is 1.95. The summed E-state index contributed by atoms with van der Waals surface area (Å²) in [6.45, 7) is 0.440. The Morgan fingerprint density at radius 1 is 1.41 bits per heavy atom. The summed E-state index contributed by atoms with van der Waals surface area (Å²) in [4.78, 5) is 10.7. The predicted octanol–water partition coefficient (Wildman–Crippen LogP) is 2.38. The van der Waals surface area contributed by atoms with Gasteiger partial charge in [-0.3, -0.25) is 0 Å². The van der Waals surface area contributed by atoms with E-state index in [0.717, 1.165) is 5.56 Å². The van der Waals surface area contributed by atoms with E-state index in [1.807, 2.05) is 0 Å². The van der Waals surface area contributed by atoms with Crippen LogP contribution >= 0.6 is 11.6 Å². The van der Waals surface area contributed by atoms with E-state index in [1.165, 1.54) is 13.2 Å². The van der Waals surface area contributed by atoms with Crippen LogP contribution in [0.4, 0.5) is 0 Å². The number of carboxylic acids is 1. The molecular formula is C12H13ClO4. The number of hydrogen-bond acceptors (Lipinski definition) is 3. The first kappa shape index (κ1) is 13.4. The second-order valence-corrected chi connectivity index (χ2v) is 3.50. The number of carbonyl (C=O) groups is 1. The summed E-state index contributed by atoms with van der Waals surface area (Å²) in [5.41, 5.74) is 0.725. The van der Waals surface area contributed by atoms with Crippen molar-refractivity contribution >= 4 is 23.6 Å². The highest BCUT2D eigenvalue weighted by Gasteiger charge is 2.06. The van der Waals surface area contributed by atoms with Crippen LogP contribution in [0.2, 0.25) is 0 Å². The van der Waals surface area contributed by atoms with Crippen molar-refractivity contribution in [2.75, 3.05) is 19.6 Å². The number of carboxylic acid groups (broad SMARTS) is 1. The van der Waals surface area contributed by atoms with Gasteiger partial charge in [-0.15, -0.1) is 11.6 Å². The molecule has 1 aromatic rings. The molecule has 0 aliphatic carbocycles. The highest BCUT2D eigenvalue weighted by atomic mass is 35.5. The molecule has 0 amide bonds. The Hall–Kier alpha value is -1.68. The third kappa shape index (κ3) is 4.36. The maximum atomic E-state index is 10.7. The summed E-state index contributed by atoms with van der Waals surface area (Å²) in [6, 6.07) is 6.97. The summed E-state index contributed by atoms with van der Waals surface area (Å²) in [5, 5.41) is 8.77. The average molecular weight is 257 g/mol. The standard InChI is InChI=1S/C12H13ClO4/c1-16-11(12(14)15)8-9-2-4-10(5-3-9)17-7-6-13/h2-5,8H,6-7H2,1H3,(H,14,15)/b11-8-. The molecule has 0 aliphatic heterocycles. The Kier molecular flexibility index (Phi) is 5.36. The van der Waals surface area contributed by atoms with Crippen molar-refractivity contribution < 1.29 is 19.4 Å². The minimum Gasteiger partial charge on any atom is -0.492 e. The van der Waals surface area contributed by atoms with Crippen molar-refractivity contribution in [2.24, 2.45) is 0 Å². The molecule has 0 unspecified atom stereocenters. The second kappa shape index (κ2) is 6.81. The first-order chi connectivity index (χ1) is 8.17. The maximum absolute atomic E-state index is 10.7. The van der Waals surface area contributed by atoms with E-state index in [1.54, 1.807) is 24.3 Å². The van der Waals surface area contributed by atoms with Crippen LogP contribution in [-0.4, -0.2) is 30.7 Å². The highest BCUT2D eigenvalue weighted by Crippen LogP contribution is 2.15. The van der Waals surface area contributed by atoms with Gasteiger partial charge in [0.05, 0.1) is 13.0 Å². The largest absolute Gasteiger partial charge is 0.492 e. The molecule has 0 aromatic heterocycles. The van der Waals surface area contributed by atoms with Gasteiger partial charge in [0.15, 0.2) is 0 Å². The van der Waals surface area contributed by atoms with Crippen molar-refractivity contribution in [3.8, 4) is 5.75 Å². The SMILES string of the molecule is CO/C(=C\c1ccc(OCCCl)cc1)C(=O)O. The van der Waals surface area contributed by atoms with Crippen molar-refractivity contribution in [1.29, 1.82) is 0 Å². The van der Waals surface area contributed by atoms with Gasteiger partial charge in [-0.1, -0.05) is 12.1 Å². The van der Waals surface area contributed by atoms with Crippen molar-refractivity contribution in [1.82, 2.24) is 0 Å². The van der Waals surface area contributed by atoms with Gasteiger partial charge < -0.3 is 14.6 Å². The lowest BCUT2D eigenvalue weighted by Gasteiger charge is -2.04. The first-order valence-corrected chi connectivity index (χ1v) is 5.48. The van der Waals surface area contributed by atoms with E-state index in [9.17, 15) is 4.79 Å². The fraction of sp³-hybridized carbons (Fsp3) is 0.250. The number of hydrogen-bond donors (Lipinski definition) is 1. The summed E-state index contributed by atoms with van der Waals surface area (Å²) in [7, 11) is 1.32. The molecule has 1 rings (SSSR count). The molecule has 0 saturated heterocycles. The summed E-state index contributed by atoms with van der Waals surface area (Å²) >= 11 is 5.49. The Labute approximate surface area is 104 Å². The molecule has 0 atom stereocenters. The zero-order valence-electron chi connectivity index (χ0n) is 9.35. The van der Waals surface area contributed by atoms with Gasteiger partial charge in [-0.05, 0) is 23.8 Å². The minimum absolute atomic E-state index is 0.112. The van der Waals surface area contributed by atoms with E-state index < -0.39 is 5.97 Å². The summed E-state index contributed by atoms with van der Waals surface area (Å²) in [6.07, 6.45) is 1.44. The van der Waals surface area contributed by atoms with Crippen LogP contribution in [0.15, 0.2) is 30.0 Å². The molecule has 0 fully saturated rings. The van der Waals surface area contributed by atoms with E-state index in [4.69, 9.17) is 26.2 Å². The number of alkyl halides is 1. The van der Waals surface area contributed by atoms with Crippen LogP contribution in [0.25, 0.3) is 6.08 Å². The molecule has 92 valence electrons. The van der Waals surface area contributed by atoms with E-state index in [0.29, 0.717) is 18.2 Å². The lowest BCUT2D eigenvalue weighted by molar-refractivity contribution is -0.135. The smallest absolute Gasteiger partial charge is 0.371 e. The zero-order valence-corrected chi connectivity index (χ0v) is 10.1. The van der Waals surface area contributed by atoms with Crippen LogP contribution < -0.4 is 4.74 Å². The first-order valence-electron chi connectivity index (χ1n) is 4.95. The molecule has 0 aliphatic rings. The van der Waals surface area contributed by atoms with E-state index >= 15 is 0 Å². The van der Waals surface area contributed by atoms with Crippen LogP contribution in [-0.2, 0) is 9.53 Å². The second-order valence-electron chi connectivity index (χ2n) is 3.12. The fourth-order valence-corrected chi connectivity index (χ4v) is 1.25. The van der Waals surface area contributed by atoms with Gasteiger partial charge >= 0.3 is 5.97 Å². The number of rotatable bonds is 6. The molecular weight excluding hydrogens is 244 g/mol. The van der Waals surface area contributed by atoms with Crippen LogP contribution in [0.1, 0.15) is 5.56 Å². The predicted molar refractivity (Wildman–Crippen MR) is 65.3 cm³/mol. The Bertz CT molecular complexity index is 397. The van der Waals surface area contributed by atoms with Gasteiger partial charge in [0.1, 0.15) is 12.4 Å². The van der Waals surface area contributed by atoms with E-state index in [2.05, 4.69) is 0 Å². The number of ether oxygens (including phenoxy) is 2. The summed E-state index contributed by atoms with van der Waals surface area (Å²) in [5.74, 6) is -0.0967. The van der Waals surface area contributed by atoms with Crippen molar-refractivity contribution in [3.63, 3.8) is 0 Å². The number of methoxy groups -OCH3 is 1. The molecule has 1 aromatic carbocycles. The molecule has 0 saturated carbocycles. The normalized spacial score (nSPS) is 11.1. The maximum Gasteiger partial charge on any atom is 0.371 e. The average Bonchev–Trinajstić information content (AvgIpc) is 2.34. The number of aliphatic carboxylic acids is 1. The lowest BCUT2D eigenvalue weighted by Crippen LogP contribution is -2.02. The number of halogens is 1. The van der Waals surface area contributed by atoms with Crippen molar-refractivity contribution in [3.05, 3.63) is 35.6 Å². The molecule has 0 radical (unpaired) electrons. The molecule has 4 nitrogen and oxygen atoms in total. The van der Waals surface area contributed by atoms with Gasteiger partial charge in [0, 0.05) is 0 Å². The van der Waals surface area contributed by atoms with Gasteiger partial charge in [-0.2, -0.15) is 0 Å². The molecule has 1 N–H and O–H groups in total. The van der Waals surface area contributed by atoms with Crippen LogP contribution in [0.3, 0.4) is 0 Å². The Balaban J connectivity index is 2.76. The molecule has 0 spiro atoms. The van der Waals surface area contributed by atoms with Gasteiger partial charge in [-0.25, -0.2) is 4.79 Å². The lowest BCUT2D eigenvalue weighted by atomic mass is 10.2. The fourth-order valence-electron chi connectivity index (χ4n) is 1.18. The topological polar surface area (TPSA) is 55.8 Å². The zero-order chi connectivity index (χ0) is 12.7. The molecule has 0 bridgehead atoms. The quantitative estimate of drug-likeness (QED) is 0.482. The van der Waals surface area contributed by atoms with Crippen molar-refractivity contribution in [2.45, 2.75) is 0 Å². The number of benzene rings is 1. The monoisotopic (exact) mass is 256 g/mol. The molecule has 0 heterocycles. The Morgan fingerprint density at radius 2 is 2.06 bits per heavy atom. The summed E-state index contributed by atoms with van der Waals surface area (Å²) < 4.78 is 10.0. The molecule has 17 heavy (non-hydrogen) atoms. The van der Waals surface area contributed by atoms with Gasteiger partial charge in [0.25, 0.3) is 0 Å². The van der Waals surface area contributed by atoms with Gasteiger partial charge in [0.2, 0.25) is 5.76 Å². The van der Waals surface area contributed by atoms with Crippen LogP contribution in [0, 0.1) is 0 Å². The highest BCUT2D eigenvalue weighted by molar-refractivity contribution is 6.18.